The van der Waals surface area contributed by atoms with Gasteiger partial charge in [0, 0.05) is 17.3 Å². The van der Waals surface area contributed by atoms with E-state index in [1.165, 1.54) is 0 Å². The first kappa shape index (κ1) is 18.4. The second-order valence-electron chi connectivity index (χ2n) is 6.13. The van der Waals surface area contributed by atoms with Crippen LogP contribution in [0.15, 0.2) is 42.5 Å². The van der Waals surface area contributed by atoms with Gasteiger partial charge in [-0.05, 0) is 61.8 Å². The third-order valence-electron chi connectivity index (χ3n) is 4.13. The first-order valence-electron chi connectivity index (χ1n) is 8.23. The first-order valence-corrected chi connectivity index (χ1v) is 9.01. The molecule has 2 amide bonds. The molecule has 0 aromatic heterocycles. The van der Waals surface area contributed by atoms with E-state index < -0.39 is 0 Å². The Labute approximate surface area is 162 Å². The van der Waals surface area contributed by atoms with Gasteiger partial charge >= 0.3 is 0 Å². The lowest BCUT2D eigenvalue weighted by atomic mass is 10.1. The van der Waals surface area contributed by atoms with Gasteiger partial charge in [-0.3, -0.25) is 14.9 Å². The zero-order chi connectivity index (χ0) is 18.7. The van der Waals surface area contributed by atoms with Crippen LogP contribution in [0.2, 0.25) is 5.02 Å². The number of carbonyl (C=O) groups excluding carboxylic acids is 2. The van der Waals surface area contributed by atoms with E-state index in [9.17, 15) is 9.59 Å². The molecule has 1 aliphatic rings. The third kappa shape index (κ3) is 4.39. The molecule has 0 radical (unpaired) electrons. The predicted molar refractivity (Wildman–Crippen MR) is 108 cm³/mol. The summed E-state index contributed by atoms with van der Waals surface area (Å²) in [5.41, 5.74) is 2.63. The fourth-order valence-electron chi connectivity index (χ4n) is 2.46. The molecule has 0 atom stereocenters. The van der Waals surface area contributed by atoms with E-state index >= 15 is 0 Å². The van der Waals surface area contributed by atoms with Gasteiger partial charge in [0.1, 0.15) is 0 Å². The molecule has 1 fully saturated rings. The SMILES string of the molecule is Cc1c(NC(=O)C2CC2)cccc1NC(=S)NC(=O)c1ccccc1Cl. The van der Waals surface area contributed by atoms with Crippen molar-refractivity contribution >= 4 is 52.1 Å². The summed E-state index contributed by atoms with van der Waals surface area (Å²) in [6.45, 7) is 1.88. The van der Waals surface area contributed by atoms with E-state index in [0.29, 0.717) is 16.3 Å². The molecular weight excluding hydrogens is 370 g/mol. The number of amides is 2. The van der Waals surface area contributed by atoms with E-state index in [1.807, 2.05) is 25.1 Å². The molecule has 26 heavy (non-hydrogen) atoms. The maximum Gasteiger partial charge on any atom is 0.258 e. The van der Waals surface area contributed by atoms with E-state index in [-0.39, 0.29) is 22.8 Å². The topological polar surface area (TPSA) is 70.2 Å². The summed E-state index contributed by atoms with van der Waals surface area (Å²) in [4.78, 5) is 24.2. The highest BCUT2D eigenvalue weighted by molar-refractivity contribution is 7.80. The Hall–Kier alpha value is -2.44. The van der Waals surface area contributed by atoms with E-state index in [1.54, 1.807) is 24.3 Å². The second kappa shape index (κ2) is 7.85. The molecule has 134 valence electrons. The van der Waals surface area contributed by atoms with Crippen LogP contribution in [0.25, 0.3) is 0 Å². The number of thiocarbonyl (C=S) groups is 1. The van der Waals surface area contributed by atoms with Gasteiger partial charge in [-0.25, -0.2) is 0 Å². The van der Waals surface area contributed by atoms with Crippen molar-refractivity contribution in [2.75, 3.05) is 10.6 Å². The fraction of sp³-hybridized carbons (Fsp3) is 0.211. The van der Waals surface area contributed by atoms with Crippen LogP contribution in [0.3, 0.4) is 0 Å². The minimum absolute atomic E-state index is 0.0415. The molecule has 1 saturated carbocycles. The summed E-state index contributed by atoms with van der Waals surface area (Å²) in [6, 6.07) is 12.2. The highest BCUT2D eigenvalue weighted by Gasteiger charge is 2.29. The van der Waals surface area contributed by atoms with Crippen LogP contribution in [0.1, 0.15) is 28.8 Å². The van der Waals surface area contributed by atoms with Crippen molar-refractivity contribution in [3.63, 3.8) is 0 Å². The minimum Gasteiger partial charge on any atom is -0.332 e. The standard InChI is InChI=1S/C19H18ClN3O2S/c1-11-15(21-17(24)12-9-10-12)7-4-8-16(11)22-19(26)23-18(25)13-5-2-3-6-14(13)20/h2-8,12H,9-10H2,1H3,(H,21,24)(H2,22,23,25,26). The van der Waals surface area contributed by atoms with E-state index in [4.69, 9.17) is 23.8 Å². The Morgan fingerprint density at radius 1 is 1.04 bits per heavy atom. The Balaban J connectivity index is 1.66. The van der Waals surface area contributed by atoms with Crippen LogP contribution in [-0.4, -0.2) is 16.9 Å². The summed E-state index contributed by atoms with van der Waals surface area (Å²) in [6.07, 6.45) is 1.89. The normalized spacial score (nSPS) is 13.0. The Morgan fingerprint density at radius 2 is 1.69 bits per heavy atom. The molecule has 0 heterocycles. The van der Waals surface area contributed by atoms with Gasteiger partial charge in [0.25, 0.3) is 5.91 Å². The summed E-state index contributed by atoms with van der Waals surface area (Å²) in [7, 11) is 0. The predicted octanol–water partition coefficient (Wildman–Crippen LogP) is 4.12. The molecule has 0 bridgehead atoms. The molecule has 1 aliphatic carbocycles. The number of nitrogens with one attached hydrogen (secondary N) is 3. The molecule has 2 aromatic rings. The van der Waals surface area contributed by atoms with Crippen LogP contribution in [0.4, 0.5) is 11.4 Å². The zero-order valence-corrected chi connectivity index (χ0v) is 15.7. The summed E-state index contributed by atoms with van der Waals surface area (Å²) >= 11 is 11.2. The molecule has 0 saturated heterocycles. The molecule has 3 N–H and O–H groups in total. The number of rotatable bonds is 4. The average Bonchev–Trinajstić information content (AvgIpc) is 3.43. The summed E-state index contributed by atoms with van der Waals surface area (Å²) in [5.74, 6) is -0.217. The number of hydrogen-bond donors (Lipinski definition) is 3. The number of benzene rings is 2. The van der Waals surface area contributed by atoms with Gasteiger partial charge in [-0.15, -0.1) is 0 Å². The maximum atomic E-state index is 12.3. The van der Waals surface area contributed by atoms with Crippen LogP contribution >= 0.6 is 23.8 Å². The van der Waals surface area contributed by atoms with Crippen LogP contribution < -0.4 is 16.0 Å². The van der Waals surface area contributed by atoms with Gasteiger partial charge < -0.3 is 10.6 Å². The number of hydrogen-bond acceptors (Lipinski definition) is 3. The Morgan fingerprint density at radius 3 is 2.35 bits per heavy atom. The smallest absolute Gasteiger partial charge is 0.258 e. The van der Waals surface area contributed by atoms with E-state index in [2.05, 4.69) is 16.0 Å². The molecule has 0 unspecified atom stereocenters. The van der Waals surface area contributed by atoms with Crippen LogP contribution in [0.5, 0.6) is 0 Å². The molecular formula is C19H18ClN3O2S. The highest BCUT2D eigenvalue weighted by atomic mass is 35.5. The van der Waals surface area contributed by atoms with Crippen molar-refractivity contribution in [3.8, 4) is 0 Å². The van der Waals surface area contributed by atoms with Crippen molar-refractivity contribution in [3.05, 3.63) is 58.6 Å². The Bertz CT molecular complexity index is 881. The molecule has 7 heteroatoms. The van der Waals surface area contributed by atoms with Gasteiger partial charge in [-0.2, -0.15) is 0 Å². The fourth-order valence-corrected chi connectivity index (χ4v) is 2.88. The molecule has 0 spiro atoms. The zero-order valence-electron chi connectivity index (χ0n) is 14.1. The van der Waals surface area contributed by atoms with Gasteiger partial charge in [0.2, 0.25) is 5.91 Å². The van der Waals surface area contributed by atoms with Crippen molar-refractivity contribution in [2.24, 2.45) is 5.92 Å². The van der Waals surface area contributed by atoms with Crippen molar-refractivity contribution in [2.45, 2.75) is 19.8 Å². The van der Waals surface area contributed by atoms with E-state index in [0.717, 1.165) is 24.1 Å². The monoisotopic (exact) mass is 387 g/mol. The minimum atomic E-state index is -0.385. The highest BCUT2D eigenvalue weighted by Crippen LogP contribution is 2.31. The quantitative estimate of drug-likeness (QED) is 0.690. The lowest BCUT2D eigenvalue weighted by molar-refractivity contribution is -0.117. The molecule has 0 aliphatic heterocycles. The van der Waals surface area contributed by atoms with Crippen molar-refractivity contribution in [1.82, 2.24) is 5.32 Å². The molecule has 3 rings (SSSR count). The maximum absolute atomic E-state index is 12.3. The number of halogens is 1. The number of carbonyl (C=O) groups is 2. The first-order chi connectivity index (χ1) is 12.5. The molecule has 2 aromatic carbocycles. The molecule has 5 nitrogen and oxygen atoms in total. The van der Waals surface area contributed by atoms with Gasteiger partial charge in [-0.1, -0.05) is 29.8 Å². The second-order valence-corrected chi connectivity index (χ2v) is 6.95. The van der Waals surface area contributed by atoms with Crippen LogP contribution in [-0.2, 0) is 4.79 Å². The Kier molecular flexibility index (Phi) is 5.54. The van der Waals surface area contributed by atoms with Gasteiger partial charge in [0.05, 0.1) is 10.6 Å². The lowest BCUT2D eigenvalue weighted by Crippen LogP contribution is -2.34. The van der Waals surface area contributed by atoms with Crippen molar-refractivity contribution < 1.29 is 9.59 Å². The lowest BCUT2D eigenvalue weighted by Gasteiger charge is -2.15. The average molecular weight is 388 g/mol. The third-order valence-corrected chi connectivity index (χ3v) is 4.67. The summed E-state index contributed by atoms with van der Waals surface area (Å²) < 4.78 is 0. The van der Waals surface area contributed by atoms with Crippen LogP contribution in [0, 0.1) is 12.8 Å². The van der Waals surface area contributed by atoms with Gasteiger partial charge in [0.15, 0.2) is 5.11 Å². The largest absolute Gasteiger partial charge is 0.332 e. The summed E-state index contributed by atoms with van der Waals surface area (Å²) in [5, 5.41) is 9.05. The number of anilines is 2. The van der Waals surface area contributed by atoms with Crippen molar-refractivity contribution in [1.29, 1.82) is 0 Å².